The zero-order valence-electron chi connectivity index (χ0n) is 15.6. The highest BCUT2D eigenvalue weighted by atomic mass is 16.2. The van der Waals surface area contributed by atoms with Gasteiger partial charge in [-0.15, -0.1) is 0 Å². The number of hydrogen-bond donors (Lipinski definition) is 3. The number of rotatable bonds is 3. The van der Waals surface area contributed by atoms with E-state index in [1.54, 1.807) is 12.1 Å². The fourth-order valence-corrected chi connectivity index (χ4v) is 3.76. The van der Waals surface area contributed by atoms with Gasteiger partial charge in [0.25, 0.3) is 5.91 Å². The van der Waals surface area contributed by atoms with Crippen LogP contribution in [0.4, 0.5) is 0 Å². The molecule has 0 unspecified atom stereocenters. The van der Waals surface area contributed by atoms with Crippen molar-refractivity contribution in [3.05, 3.63) is 77.2 Å². The molecule has 3 heterocycles. The molecule has 29 heavy (non-hydrogen) atoms. The SMILES string of the molecule is NC(=O)c1ccc(-c2nc3c([nH]2)CN(C(=O)c2ccc4cc[nH]c4c2)CC3)cc1. The molecule has 0 fully saturated rings. The molecule has 0 radical (unpaired) electrons. The number of aromatic nitrogens is 3. The highest BCUT2D eigenvalue weighted by Crippen LogP contribution is 2.24. The van der Waals surface area contributed by atoms with Crippen LogP contribution in [-0.4, -0.2) is 38.2 Å². The van der Waals surface area contributed by atoms with Crippen molar-refractivity contribution in [2.24, 2.45) is 5.73 Å². The van der Waals surface area contributed by atoms with Gasteiger partial charge in [-0.05, 0) is 35.7 Å². The molecule has 7 heteroatoms. The van der Waals surface area contributed by atoms with Gasteiger partial charge in [0.15, 0.2) is 0 Å². The van der Waals surface area contributed by atoms with Crippen molar-refractivity contribution in [2.75, 3.05) is 6.54 Å². The van der Waals surface area contributed by atoms with E-state index >= 15 is 0 Å². The van der Waals surface area contributed by atoms with E-state index in [0.29, 0.717) is 30.6 Å². The van der Waals surface area contributed by atoms with Crippen LogP contribution in [0.1, 0.15) is 32.1 Å². The van der Waals surface area contributed by atoms with Gasteiger partial charge in [-0.3, -0.25) is 9.59 Å². The Balaban J connectivity index is 1.38. The van der Waals surface area contributed by atoms with E-state index in [1.165, 1.54) is 0 Å². The van der Waals surface area contributed by atoms with E-state index in [0.717, 1.165) is 33.7 Å². The maximum Gasteiger partial charge on any atom is 0.254 e. The zero-order chi connectivity index (χ0) is 20.0. The van der Waals surface area contributed by atoms with Crippen LogP contribution in [-0.2, 0) is 13.0 Å². The Hall–Kier alpha value is -3.87. The van der Waals surface area contributed by atoms with Gasteiger partial charge in [0, 0.05) is 41.4 Å². The number of hydrogen-bond acceptors (Lipinski definition) is 3. The Bertz CT molecular complexity index is 1240. The molecule has 0 aliphatic carbocycles. The maximum absolute atomic E-state index is 13.0. The van der Waals surface area contributed by atoms with Crippen LogP contribution in [0.5, 0.6) is 0 Å². The number of fused-ring (bicyclic) bond motifs is 2. The number of aromatic amines is 2. The lowest BCUT2D eigenvalue weighted by Crippen LogP contribution is -2.36. The third-order valence-electron chi connectivity index (χ3n) is 5.36. The van der Waals surface area contributed by atoms with Gasteiger partial charge in [-0.25, -0.2) is 4.98 Å². The minimum absolute atomic E-state index is 0.00844. The van der Waals surface area contributed by atoms with Gasteiger partial charge in [0.2, 0.25) is 5.91 Å². The summed E-state index contributed by atoms with van der Waals surface area (Å²) in [6, 6.07) is 14.7. The molecule has 0 spiro atoms. The van der Waals surface area contributed by atoms with E-state index in [2.05, 4.69) is 15.0 Å². The minimum atomic E-state index is -0.457. The number of benzene rings is 2. The van der Waals surface area contributed by atoms with Crippen LogP contribution in [0.15, 0.2) is 54.7 Å². The summed E-state index contributed by atoms with van der Waals surface area (Å²) < 4.78 is 0. The predicted octanol–water partition coefficient (Wildman–Crippen LogP) is 2.86. The fourth-order valence-electron chi connectivity index (χ4n) is 3.76. The smallest absolute Gasteiger partial charge is 0.254 e. The highest BCUT2D eigenvalue weighted by Gasteiger charge is 2.25. The number of H-pyrrole nitrogens is 2. The molecule has 2 amide bonds. The summed E-state index contributed by atoms with van der Waals surface area (Å²) in [5.41, 5.74) is 10.2. The second-order valence-corrected chi connectivity index (χ2v) is 7.21. The summed E-state index contributed by atoms with van der Waals surface area (Å²) in [7, 11) is 0. The molecule has 144 valence electrons. The van der Waals surface area contributed by atoms with E-state index in [-0.39, 0.29) is 5.91 Å². The van der Waals surface area contributed by atoms with Crippen LogP contribution in [0.2, 0.25) is 0 Å². The van der Waals surface area contributed by atoms with Crippen molar-refractivity contribution in [1.82, 2.24) is 19.9 Å². The first-order chi connectivity index (χ1) is 14.1. The normalized spacial score (nSPS) is 13.4. The Morgan fingerprint density at radius 3 is 2.62 bits per heavy atom. The molecule has 5 rings (SSSR count). The Morgan fingerprint density at radius 1 is 1.03 bits per heavy atom. The lowest BCUT2D eigenvalue weighted by molar-refractivity contribution is 0.0732. The molecule has 1 aliphatic heterocycles. The number of nitrogens with one attached hydrogen (secondary N) is 2. The number of nitrogens with zero attached hydrogens (tertiary/aromatic N) is 2. The zero-order valence-corrected chi connectivity index (χ0v) is 15.6. The monoisotopic (exact) mass is 385 g/mol. The summed E-state index contributed by atoms with van der Waals surface area (Å²) in [5.74, 6) is 0.282. The first kappa shape index (κ1) is 17.2. The first-order valence-corrected chi connectivity index (χ1v) is 9.43. The molecule has 1 aliphatic rings. The van der Waals surface area contributed by atoms with Crippen molar-refractivity contribution in [3.63, 3.8) is 0 Å². The lowest BCUT2D eigenvalue weighted by Gasteiger charge is -2.26. The van der Waals surface area contributed by atoms with Gasteiger partial charge in [-0.2, -0.15) is 0 Å². The minimum Gasteiger partial charge on any atom is -0.366 e. The number of primary amides is 1. The predicted molar refractivity (Wildman–Crippen MR) is 109 cm³/mol. The van der Waals surface area contributed by atoms with Crippen molar-refractivity contribution < 1.29 is 9.59 Å². The third kappa shape index (κ3) is 3.06. The topological polar surface area (TPSA) is 108 Å². The van der Waals surface area contributed by atoms with Crippen LogP contribution < -0.4 is 5.73 Å². The summed E-state index contributed by atoms with van der Waals surface area (Å²) >= 11 is 0. The second-order valence-electron chi connectivity index (χ2n) is 7.21. The number of amides is 2. The average Bonchev–Trinajstić information content (AvgIpc) is 3.38. The average molecular weight is 385 g/mol. The fraction of sp³-hybridized carbons (Fsp3) is 0.136. The van der Waals surface area contributed by atoms with Crippen molar-refractivity contribution >= 4 is 22.7 Å². The van der Waals surface area contributed by atoms with E-state index < -0.39 is 5.91 Å². The molecule has 0 saturated heterocycles. The van der Waals surface area contributed by atoms with E-state index in [1.807, 2.05) is 47.5 Å². The summed E-state index contributed by atoms with van der Waals surface area (Å²) in [6.07, 6.45) is 2.57. The molecule has 4 aromatic rings. The first-order valence-electron chi connectivity index (χ1n) is 9.43. The largest absolute Gasteiger partial charge is 0.366 e. The molecular weight excluding hydrogens is 366 g/mol. The van der Waals surface area contributed by atoms with Gasteiger partial charge in [0.1, 0.15) is 5.82 Å². The molecule has 7 nitrogen and oxygen atoms in total. The number of carbonyl (C=O) groups excluding carboxylic acids is 2. The van der Waals surface area contributed by atoms with Crippen molar-refractivity contribution in [1.29, 1.82) is 0 Å². The highest BCUT2D eigenvalue weighted by molar-refractivity contribution is 5.98. The molecule has 2 aromatic heterocycles. The molecule has 0 atom stereocenters. The number of imidazole rings is 1. The van der Waals surface area contributed by atoms with Gasteiger partial charge in [0.05, 0.1) is 17.9 Å². The van der Waals surface area contributed by atoms with Crippen LogP contribution in [0.3, 0.4) is 0 Å². The van der Waals surface area contributed by atoms with Crippen LogP contribution in [0, 0.1) is 0 Å². The molecule has 0 bridgehead atoms. The summed E-state index contributed by atoms with van der Waals surface area (Å²) in [5, 5.41) is 1.09. The van der Waals surface area contributed by atoms with Crippen LogP contribution >= 0.6 is 0 Å². The Kier molecular flexibility index (Phi) is 3.94. The molecule has 4 N–H and O–H groups in total. The van der Waals surface area contributed by atoms with Gasteiger partial charge in [-0.1, -0.05) is 18.2 Å². The summed E-state index contributed by atoms with van der Waals surface area (Å²) in [4.78, 5) is 37.2. The third-order valence-corrected chi connectivity index (χ3v) is 5.36. The number of nitrogens with two attached hydrogens (primary N) is 1. The molecular formula is C22H19N5O2. The summed E-state index contributed by atoms with van der Waals surface area (Å²) in [6.45, 7) is 1.11. The van der Waals surface area contributed by atoms with Gasteiger partial charge >= 0.3 is 0 Å². The lowest BCUT2D eigenvalue weighted by atomic mass is 10.1. The Labute approximate surface area is 166 Å². The van der Waals surface area contributed by atoms with E-state index in [9.17, 15) is 9.59 Å². The van der Waals surface area contributed by atoms with Crippen molar-refractivity contribution in [3.8, 4) is 11.4 Å². The van der Waals surface area contributed by atoms with Gasteiger partial charge < -0.3 is 20.6 Å². The van der Waals surface area contributed by atoms with Crippen LogP contribution in [0.25, 0.3) is 22.3 Å². The van der Waals surface area contributed by atoms with E-state index in [4.69, 9.17) is 5.73 Å². The second kappa shape index (κ2) is 6.63. The molecule has 2 aromatic carbocycles. The van der Waals surface area contributed by atoms with Crippen molar-refractivity contribution in [2.45, 2.75) is 13.0 Å². The quantitative estimate of drug-likeness (QED) is 0.505. The Morgan fingerprint density at radius 2 is 1.83 bits per heavy atom. The number of carbonyl (C=O) groups is 2. The molecule has 0 saturated carbocycles. The standard InChI is InChI=1S/C22H19N5O2/c23-20(28)14-2-4-15(5-3-14)21-25-17-8-10-27(12-19(17)26-21)22(29)16-6-1-13-7-9-24-18(13)11-16/h1-7,9,11,24H,8,10,12H2,(H2,23,28)(H,25,26). The maximum atomic E-state index is 13.0.